The van der Waals surface area contributed by atoms with E-state index in [9.17, 15) is 9.59 Å². The van der Waals surface area contributed by atoms with Gasteiger partial charge in [-0.25, -0.2) is 0 Å². The number of benzene rings is 2. The number of nitrogens with zero attached hydrogens (tertiary/aromatic N) is 1. The van der Waals surface area contributed by atoms with Crippen molar-refractivity contribution in [1.82, 2.24) is 4.90 Å². The molecule has 2 aromatic rings. The second kappa shape index (κ2) is 13.8. The highest BCUT2D eigenvalue weighted by molar-refractivity contribution is 7.80. The van der Waals surface area contributed by atoms with Gasteiger partial charge in [0.15, 0.2) is 0 Å². The predicted molar refractivity (Wildman–Crippen MR) is 185 cm³/mol. The number of rotatable bonds is 7. The number of methoxy groups -OCH3 is 1. The third kappa shape index (κ3) is 8.48. The van der Waals surface area contributed by atoms with E-state index in [0.29, 0.717) is 33.6 Å². The molecule has 1 spiro atoms. The molecule has 0 radical (unpaired) electrons. The summed E-state index contributed by atoms with van der Waals surface area (Å²) in [7, 11) is 0.961. The summed E-state index contributed by atoms with van der Waals surface area (Å²) in [5.41, 5.74) is 2.19. The van der Waals surface area contributed by atoms with Gasteiger partial charge in [0.1, 0.15) is 17.6 Å². The number of ether oxygens (including phenoxy) is 2. The summed E-state index contributed by atoms with van der Waals surface area (Å²) in [4.78, 5) is 29.1. The minimum absolute atomic E-state index is 0.0713. The lowest BCUT2D eigenvalue weighted by Crippen LogP contribution is -2.61. The van der Waals surface area contributed by atoms with Gasteiger partial charge < -0.3 is 19.7 Å². The molecule has 2 aromatic carbocycles. The molecule has 2 heterocycles. The van der Waals surface area contributed by atoms with Crippen LogP contribution < -0.4 is 5.32 Å². The SMILES string of the molecule is C=C(C)[C@H]1N(CC(=O)OC(C)(C)C)C(=S)CC[C@]12C(=O)Nc1cc(Cl)cc(-c3cccc(Cl)c3)c12.COCC[Si](C)(C)C. The number of esters is 1. The molecule has 0 bridgehead atoms. The van der Waals surface area contributed by atoms with Crippen molar-refractivity contribution in [3.05, 3.63) is 64.2 Å². The van der Waals surface area contributed by atoms with E-state index in [1.807, 2.05) is 52.0 Å². The van der Waals surface area contributed by atoms with Crippen LogP contribution in [0.15, 0.2) is 48.6 Å². The number of hydrogen-bond acceptors (Lipinski definition) is 5. The molecule has 234 valence electrons. The zero-order chi connectivity index (χ0) is 32.3. The number of carbonyl (C=O) groups is 2. The summed E-state index contributed by atoms with van der Waals surface area (Å²) >= 11 is 18.5. The molecule has 0 unspecified atom stereocenters. The first-order valence-corrected chi connectivity index (χ1v) is 19.3. The standard InChI is InChI=1S/C27H28Cl2N2O3S.C6H16OSi/c1-15(2)24-27(10-9-21(35)31(24)14-22(32)34-26(3,4)5)23-19(16-7-6-8-17(28)11-16)12-18(29)13-20(23)30-25(27)33;1-7-5-6-8(2,3)4/h6-8,11-13,24H,1,9-10,14H2,2-5H3,(H,30,33);5-6H2,1-4H3/t24-,27-;/m1./s1. The molecule has 2 atom stereocenters. The summed E-state index contributed by atoms with van der Waals surface area (Å²) < 4.78 is 10.5. The Hall–Kier alpha value is -2.23. The van der Waals surface area contributed by atoms with E-state index in [0.717, 1.165) is 28.9 Å². The number of piperidine rings is 1. The molecule has 2 aliphatic rings. The topological polar surface area (TPSA) is 67.9 Å². The van der Waals surface area contributed by atoms with Gasteiger partial charge in [-0.05, 0) is 82.0 Å². The van der Waals surface area contributed by atoms with Crippen LogP contribution in [0.5, 0.6) is 0 Å². The fourth-order valence-corrected chi connectivity index (χ4v) is 7.20. The van der Waals surface area contributed by atoms with E-state index in [2.05, 4.69) is 31.5 Å². The number of amides is 1. The second-order valence-electron chi connectivity index (χ2n) is 13.5. The van der Waals surface area contributed by atoms with E-state index in [4.69, 9.17) is 44.9 Å². The Morgan fingerprint density at radius 1 is 1.19 bits per heavy atom. The van der Waals surface area contributed by atoms with Crippen molar-refractivity contribution < 1.29 is 19.1 Å². The monoisotopic (exact) mass is 662 g/mol. The van der Waals surface area contributed by atoms with Crippen molar-refractivity contribution in [2.75, 3.05) is 25.6 Å². The highest BCUT2D eigenvalue weighted by Gasteiger charge is 2.58. The third-order valence-corrected chi connectivity index (χ3v) is 10.0. The molecule has 1 saturated heterocycles. The van der Waals surface area contributed by atoms with Crippen LogP contribution in [-0.4, -0.2) is 61.7 Å². The number of thiocarbonyl (C=S) groups is 1. The summed E-state index contributed by atoms with van der Waals surface area (Å²) in [5.74, 6) is -0.573. The molecule has 6 nitrogen and oxygen atoms in total. The van der Waals surface area contributed by atoms with Gasteiger partial charge in [-0.1, -0.05) is 79.3 Å². The lowest BCUT2D eigenvalue weighted by molar-refractivity contribution is -0.156. The summed E-state index contributed by atoms with van der Waals surface area (Å²) in [6, 6.07) is 11.8. The number of nitrogens with one attached hydrogen (secondary N) is 1. The van der Waals surface area contributed by atoms with Crippen molar-refractivity contribution in [3.8, 4) is 11.1 Å². The Kier molecular flexibility index (Phi) is 11.3. The predicted octanol–water partition coefficient (Wildman–Crippen LogP) is 8.53. The average Bonchev–Trinajstić information content (AvgIpc) is 3.14. The minimum atomic E-state index is -1.02. The molecular weight excluding hydrogens is 619 g/mol. The first-order valence-electron chi connectivity index (χ1n) is 14.5. The van der Waals surface area contributed by atoms with Gasteiger partial charge >= 0.3 is 5.97 Å². The molecule has 10 heteroatoms. The van der Waals surface area contributed by atoms with Crippen molar-refractivity contribution in [3.63, 3.8) is 0 Å². The summed E-state index contributed by atoms with van der Waals surface area (Å²) in [6.45, 7) is 19.5. The summed E-state index contributed by atoms with van der Waals surface area (Å²) in [5, 5.41) is 4.13. The van der Waals surface area contributed by atoms with Gasteiger partial charge in [-0.2, -0.15) is 0 Å². The average molecular weight is 664 g/mol. The zero-order valence-corrected chi connectivity index (χ0v) is 29.9. The lowest BCUT2D eigenvalue weighted by Gasteiger charge is -2.49. The third-order valence-electron chi connectivity index (χ3n) is 7.41. The number of hydrogen-bond donors (Lipinski definition) is 1. The van der Waals surface area contributed by atoms with Crippen molar-refractivity contribution in [2.45, 2.75) is 83.3 Å². The minimum Gasteiger partial charge on any atom is -0.459 e. The largest absolute Gasteiger partial charge is 0.459 e. The number of halogens is 2. The van der Waals surface area contributed by atoms with Gasteiger partial charge in [0, 0.05) is 43.1 Å². The fourth-order valence-electron chi connectivity index (χ4n) is 5.70. The van der Waals surface area contributed by atoms with Crippen LogP contribution in [0, 0.1) is 0 Å². The maximum Gasteiger partial charge on any atom is 0.326 e. The van der Waals surface area contributed by atoms with Crippen LogP contribution in [0.25, 0.3) is 11.1 Å². The molecule has 0 aliphatic carbocycles. The second-order valence-corrected chi connectivity index (χ2v) is 20.4. The summed E-state index contributed by atoms with van der Waals surface area (Å²) in [6.07, 6.45) is 0.939. The Morgan fingerprint density at radius 3 is 2.40 bits per heavy atom. The van der Waals surface area contributed by atoms with Crippen LogP contribution in [0.3, 0.4) is 0 Å². The van der Waals surface area contributed by atoms with Gasteiger partial charge in [0.05, 0.1) is 11.0 Å². The van der Waals surface area contributed by atoms with E-state index < -0.39 is 31.1 Å². The van der Waals surface area contributed by atoms with Gasteiger partial charge in [0.25, 0.3) is 0 Å². The van der Waals surface area contributed by atoms with Gasteiger partial charge in [-0.3, -0.25) is 9.59 Å². The van der Waals surface area contributed by atoms with Crippen LogP contribution >= 0.6 is 35.4 Å². The van der Waals surface area contributed by atoms with Crippen LogP contribution in [0.1, 0.15) is 46.1 Å². The Morgan fingerprint density at radius 2 is 1.86 bits per heavy atom. The highest BCUT2D eigenvalue weighted by atomic mass is 35.5. The number of fused-ring (bicyclic) bond motifs is 2. The highest BCUT2D eigenvalue weighted by Crippen LogP contribution is 2.53. The molecule has 0 saturated carbocycles. The van der Waals surface area contributed by atoms with Gasteiger partial charge in [-0.15, -0.1) is 0 Å². The van der Waals surface area contributed by atoms with Crippen LogP contribution in [-0.2, 0) is 24.5 Å². The molecule has 43 heavy (non-hydrogen) atoms. The molecule has 1 amide bonds. The van der Waals surface area contributed by atoms with E-state index in [-0.39, 0.29) is 12.5 Å². The number of anilines is 1. The smallest absolute Gasteiger partial charge is 0.326 e. The molecule has 1 fully saturated rings. The Bertz CT molecular complexity index is 1400. The lowest BCUT2D eigenvalue weighted by atomic mass is 9.65. The first kappa shape index (κ1) is 35.2. The Balaban J connectivity index is 0.000000557. The van der Waals surface area contributed by atoms with Crippen LogP contribution in [0.2, 0.25) is 35.7 Å². The Labute approximate surface area is 273 Å². The quantitative estimate of drug-likeness (QED) is 0.139. The van der Waals surface area contributed by atoms with Crippen LogP contribution in [0.4, 0.5) is 5.69 Å². The number of likely N-dealkylation sites (tertiary alicyclic amines) is 1. The first-order chi connectivity index (χ1) is 19.9. The maximum atomic E-state index is 13.8. The molecule has 2 aliphatic heterocycles. The van der Waals surface area contributed by atoms with Crippen molar-refractivity contribution >= 4 is 66.0 Å². The van der Waals surface area contributed by atoms with Crippen molar-refractivity contribution in [1.29, 1.82) is 0 Å². The fraction of sp³-hybridized carbons (Fsp3) is 0.485. The van der Waals surface area contributed by atoms with E-state index in [1.54, 1.807) is 24.1 Å². The maximum absolute atomic E-state index is 13.8. The molecule has 4 rings (SSSR count). The number of carbonyl (C=O) groups excluding carboxylic acids is 2. The van der Waals surface area contributed by atoms with Crippen molar-refractivity contribution in [2.24, 2.45) is 0 Å². The van der Waals surface area contributed by atoms with Gasteiger partial charge in [0.2, 0.25) is 5.91 Å². The molecule has 0 aromatic heterocycles. The zero-order valence-electron chi connectivity index (χ0n) is 26.5. The molecular formula is C33H44Cl2N2O4SSi. The van der Waals surface area contributed by atoms with E-state index >= 15 is 0 Å². The normalized spacial score (nSPS) is 19.9. The molecule has 1 N–H and O–H groups in total. The van der Waals surface area contributed by atoms with E-state index in [1.165, 1.54) is 6.04 Å².